The van der Waals surface area contributed by atoms with Crippen molar-refractivity contribution in [3.63, 3.8) is 0 Å². The topological polar surface area (TPSA) is 75.6 Å². The quantitative estimate of drug-likeness (QED) is 0.811. The second kappa shape index (κ2) is 8.33. The lowest BCUT2D eigenvalue weighted by Crippen LogP contribution is -2.28. The molecule has 132 valence electrons. The number of carbonyl (C=O) groups excluding carboxylic acids is 1. The zero-order chi connectivity index (χ0) is 18.4. The third-order valence-electron chi connectivity index (χ3n) is 4.10. The Hall–Kier alpha value is -2.82. The highest BCUT2D eigenvalue weighted by atomic mass is 16.5. The Morgan fingerprint density at radius 3 is 2.24 bits per heavy atom. The molecule has 1 amide bonds. The third kappa shape index (κ3) is 5.35. The summed E-state index contributed by atoms with van der Waals surface area (Å²) < 4.78 is 5.10. The van der Waals surface area contributed by atoms with Gasteiger partial charge in [-0.1, -0.05) is 30.3 Å². The zero-order valence-corrected chi connectivity index (χ0v) is 14.7. The van der Waals surface area contributed by atoms with Gasteiger partial charge in [0.1, 0.15) is 5.75 Å². The van der Waals surface area contributed by atoms with Crippen molar-refractivity contribution in [3.05, 3.63) is 64.7 Å². The van der Waals surface area contributed by atoms with Crippen molar-refractivity contribution >= 4 is 11.9 Å². The van der Waals surface area contributed by atoms with Crippen LogP contribution in [0.5, 0.6) is 5.75 Å². The molecule has 0 saturated carbocycles. The van der Waals surface area contributed by atoms with E-state index < -0.39 is 5.97 Å². The number of carboxylic acid groups (broad SMARTS) is 1. The van der Waals surface area contributed by atoms with Crippen molar-refractivity contribution < 1.29 is 19.4 Å². The molecule has 25 heavy (non-hydrogen) atoms. The van der Waals surface area contributed by atoms with Crippen LogP contribution in [0.25, 0.3) is 0 Å². The summed E-state index contributed by atoms with van der Waals surface area (Å²) in [6, 6.07) is 12.9. The molecule has 1 atom stereocenters. The number of aryl methyl sites for hydroxylation is 2. The summed E-state index contributed by atoms with van der Waals surface area (Å²) in [5.74, 6) is -0.562. The van der Waals surface area contributed by atoms with Crippen molar-refractivity contribution in [2.45, 2.75) is 33.2 Å². The van der Waals surface area contributed by atoms with Crippen molar-refractivity contribution in [2.75, 3.05) is 6.61 Å². The Morgan fingerprint density at radius 1 is 1.08 bits per heavy atom. The van der Waals surface area contributed by atoms with E-state index in [1.807, 2.05) is 51.1 Å². The van der Waals surface area contributed by atoms with Crippen LogP contribution in [0.4, 0.5) is 0 Å². The summed E-state index contributed by atoms with van der Waals surface area (Å²) in [7, 11) is 0. The van der Waals surface area contributed by atoms with Crippen molar-refractivity contribution in [2.24, 2.45) is 0 Å². The van der Waals surface area contributed by atoms with Crippen LogP contribution in [0, 0.1) is 13.8 Å². The van der Waals surface area contributed by atoms with Gasteiger partial charge in [-0.05, 0) is 55.2 Å². The smallest absolute Gasteiger partial charge is 0.341 e. The van der Waals surface area contributed by atoms with E-state index in [0.29, 0.717) is 12.2 Å². The van der Waals surface area contributed by atoms with Crippen LogP contribution < -0.4 is 10.1 Å². The van der Waals surface area contributed by atoms with Crippen LogP contribution >= 0.6 is 0 Å². The lowest BCUT2D eigenvalue weighted by Gasteiger charge is -2.16. The minimum atomic E-state index is -1.02. The van der Waals surface area contributed by atoms with E-state index in [4.69, 9.17) is 9.84 Å². The number of rotatable bonds is 7. The number of aliphatic carboxylic acids is 1. The number of ether oxygens (including phenoxy) is 1. The maximum Gasteiger partial charge on any atom is 0.341 e. The van der Waals surface area contributed by atoms with E-state index in [0.717, 1.165) is 22.3 Å². The molecule has 0 fully saturated rings. The fraction of sp³-hybridized carbons (Fsp3) is 0.300. The van der Waals surface area contributed by atoms with Crippen molar-refractivity contribution in [1.82, 2.24) is 5.32 Å². The SMILES string of the molecule is Cc1cccc(C)c1CC(=O)NC(C)c1ccc(OCC(=O)O)cc1. The average molecular weight is 341 g/mol. The first-order valence-corrected chi connectivity index (χ1v) is 8.16. The molecule has 5 heteroatoms. The molecule has 2 aromatic rings. The molecule has 2 N–H and O–H groups in total. The predicted octanol–water partition coefficient (Wildman–Crippen LogP) is 3.19. The number of benzene rings is 2. The summed E-state index contributed by atoms with van der Waals surface area (Å²) in [6.07, 6.45) is 0.350. The fourth-order valence-corrected chi connectivity index (χ4v) is 2.66. The normalized spacial score (nSPS) is 11.6. The molecule has 1 unspecified atom stereocenters. The molecule has 0 aliphatic heterocycles. The Kier molecular flexibility index (Phi) is 6.17. The maximum atomic E-state index is 12.3. The van der Waals surface area contributed by atoms with Gasteiger partial charge in [0.2, 0.25) is 5.91 Å². The highest BCUT2D eigenvalue weighted by Crippen LogP contribution is 2.19. The number of carbonyl (C=O) groups is 2. The number of nitrogens with one attached hydrogen (secondary N) is 1. The lowest BCUT2D eigenvalue weighted by atomic mass is 9.99. The van der Waals surface area contributed by atoms with E-state index in [1.54, 1.807) is 12.1 Å². The van der Waals surface area contributed by atoms with Gasteiger partial charge < -0.3 is 15.2 Å². The van der Waals surface area contributed by atoms with Gasteiger partial charge in [-0.2, -0.15) is 0 Å². The zero-order valence-electron chi connectivity index (χ0n) is 14.7. The second-order valence-electron chi connectivity index (χ2n) is 6.09. The Bertz CT molecular complexity index is 733. The minimum absolute atomic E-state index is 0.0314. The summed E-state index contributed by atoms with van der Waals surface area (Å²) in [4.78, 5) is 22.8. The van der Waals surface area contributed by atoms with Gasteiger partial charge in [0, 0.05) is 0 Å². The van der Waals surface area contributed by atoms with Gasteiger partial charge in [0.05, 0.1) is 12.5 Å². The first kappa shape index (κ1) is 18.5. The summed E-state index contributed by atoms with van der Waals surface area (Å²) >= 11 is 0. The molecule has 0 aliphatic rings. The predicted molar refractivity (Wildman–Crippen MR) is 95.8 cm³/mol. The largest absolute Gasteiger partial charge is 0.482 e. The highest BCUT2D eigenvalue weighted by Gasteiger charge is 2.13. The molecule has 0 heterocycles. The Balaban J connectivity index is 1.95. The molecular weight excluding hydrogens is 318 g/mol. The fourth-order valence-electron chi connectivity index (χ4n) is 2.66. The Morgan fingerprint density at radius 2 is 1.68 bits per heavy atom. The van der Waals surface area contributed by atoms with Crippen LogP contribution in [0.1, 0.15) is 35.2 Å². The first-order valence-electron chi connectivity index (χ1n) is 8.16. The molecule has 2 aromatic carbocycles. The standard InChI is InChI=1S/C20H23NO4/c1-13-5-4-6-14(2)18(13)11-19(22)21-15(3)16-7-9-17(10-8-16)25-12-20(23)24/h4-10,15H,11-12H2,1-3H3,(H,21,22)(H,23,24). The van der Waals surface area contributed by atoms with Gasteiger partial charge in [-0.15, -0.1) is 0 Å². The minimum Gasteiger partial charge on any atom is -0.482 e. The lowest BCUT2D eigenvalue weighted by molar-refractivity contribution is -0.139. The van der Waals surface area contributed by atoms with E-state index in [-0.39, 0.29) is 18.6 Å². The molecule has 0 radical (unpaired) electrons. The number of hydrogen-bond acceptors (Lipinski definition) is 3. The highest BCUT2D eigenvalue weighted by molar-refractivity contribution is 5.79. The van der Waals surface area contributed by atoms with E-state index in [9.17, 15) is 9.59 Å². The molecule has 5 nitrogen and oxygen atoms in total. The van der Waals surface area contributed by atoms with Gasteiger partial charge in [-0.3, -0.25) is 4.79 Å². The summed E-state index contributed by atoms with van der Waals surface area (Å²) in [5.41, 5.74) is 4.22. The number of hydrogen-bond donors (Lipinski definition) is 2. The second-order valence-corrected chi connectivity index (χ2v) is 6.09. The molecule has 0 aliphatic carbocycles. The molecular formula is C20H23NO4. The van der Waals surface area contributed by atoms with E-state index in [2.05, 4.69) is 5.32 Å². The number of carboxylic acids is 1. The number of amides is 1. The molecule has 0 saturated heterocycles. The van der Waals surface area contributed by atoms with E-state index in [1.165, 1.54) is 0 Å². The molecule has 0 bridgehead atoms. The van der Waals surface area contributed by atoms with Gasteiger partial charge in [-0.25, -0.2) is 4.79 Å². The maximum absolute atomic E-state index is 12.3. The van der Waals surface area contributed by atoms with Crippen molar-refractivity contribution in [3.8, 4) is 5.75 Å². The van der Waals surface area contributed by atoms with Crippen LogP contribution in [0.2, 0.25) is 0 Å². The summed E-state index contributed by atoms with van der Waals surface area (Å²) in [5, 5.41) is 11.6. The van der Waals surface area contributed by atoms with Crippen molar-refractivity contribution in [1.29, 1.82) is 0 Å². The van der Waals surface area contributed by atoms with Crippen LogP contribution in [0.3, 0.4) is 0 Å². The average Bonchev–Trinajstić information content (AvgIpc) is 2.57. The molecule has 0 spiro atoms. The molecule has 0 aromatic heterocycles. The summed E-state index contributed by atoms with van der Waals surface area (Å²) in [6.45, 7) is 5.56. The monoisotopic (exact) mass is 341 g/mol. The van der Waals surface area contributed by atoms with Crippen LogP contribution in [0.15, 0.2) is 42.5 Å². The first-order chi connectivity index (χ1) is 11.9. The van der Waals surface area contributed by atoms with E-state index >= 15 is 0 Å². The Labute approximate surface area is 147 Å². The molecule has 2 rings (SSSR count). The van der Waals surface area contributed by atoms with Gasteiger partial charge in [0.25, 0.3) is 0 Å². The third-order valence-corrected chi connectivity index (χ3v) is 4.10. The van der Waals surface area contributed by atoms with Gasteiger partial charge >= 0.3 is 5.97 Å². The van der Waals surface area contributed by atoms with Crippen LogP contribution in [-0.2, 0) is 16.0 Å². The van der Waals surface area contributed by atoms with Crippen LogP contribution in [-0.4, -0.2) is 23.6 Å². The van der Waals surface area contributed by atoms with Gasteiger partial charge in [0.15, 0.2) is 6.61 Å².